The van der Waals surface area contributed by atoms with E-state index < -0.39 is 42.5 Å². The second-order valence-electron chi connectivity index (χ2n) is 6.92. The summed E-state index contributed by atoms with van der Waals surface area (Å²) in [6, 6.07) is -3.64. The molecule has 0 aromatic heterocycles. The number of aliphatic carboxylic acids is 1. The van der Waals surface area contributed by atoms with Gasteiger partial charge >= 0.3 is 5.97 Å². The van der Waals surface area contributed by atoms with Gasteiger partial charge in [0.05, 0.1) is 12.6 Å². The van der Waals surface area contributed by atoms with E-state index in [0.29, 0.717) is 24.3 Å². The standard InChI is InChI=1S/C18H32N4O6S2/c1-29-8-5-12(20-15(24)11-4-3-7-19-11)16(25)22-14(10-23)17(26)21-13(18(27)28)6-9-30-2/h11-14,19,23H,3-10H2,1-2H3,(H,20,24)(H,21,26)(H,22,25)(H,27,28). The molecular formula is C18H32N4O6S2. The highest BCUT2D eigenvalue weighted by Crippen LogP contribution is 2.08. The first kappa shape index (κ1) is 26.5. The van der Waals surface area contributed by atoms with Crippen molar-refractivity contribution in [3.63, 3.8) is 0 Å². The molecule has 0 aromatic carbocycles. The lowest BCUT2D eigenvalue weighted by atomic mass is 10.1. The highest BCUT2D eigenvalue weighted by atomic mass is 32.2. The molecule has 4 unspecified atom stereocenters. The monoisotopic (exact) mass is 464 g/mol. The number of hydrogen-bond acceptors (Lipinski definition) is 8. The van der Waals surface area contributed by atoms with Crippen molar-refractivity contribution in [3.05, 3.63) is 0 Å². The topological polar surface area (TPSA) is 157 Å². The number of carboxylic acids is 1. The Morgan fingerprint density at radius 3 is 2.03 bits per heavy atom. The van der Waals surface area contributed by atoms with Crippen LogP contribution in [0.5, 0.6) is 0 Å². The van der Waals surface area contributed by atoms with Crippen LogP contribution in [0.4, 0.5) is 0 Å². The van der Waals surface area contributed by atoms with Gasteiger partial charge in [-0.15, -0.1) is 0 Å². The fraction of sp³-hybridized carbons (Fsp3) is 0.778. The third-order valence-corrected chi connectivity index (χ3v) is 5.95. The molecule has 0 aromatic rings. The molecule has 12 heteroatoms. The summed E-state index contributed by atoms with van der Waals surface area (Å²) in [7, 11) is 0. The molecule has 1 saturated heterocycles. The van der Waals surface area contributed by atoms with Gasteiger partial charge in [-0.05, 0) is 56.2 Å². The molecule has 10 nitrogen and oxygen atoms in total. The molecule has 0 saturated carbocycles. The van der Waals surface area contributed by atoms with Crippen molar-refractivity contribution in [2.45, 2.75) is 49.9 Å². The van der Waals surface area contributed by atoms with Crippen LogP contribution in [0.3, 0.4) is 0 Å². The van der Waals surface area contributed by atoms with E-state index in [2.05, 4.69) is 21.3 Å². The first-order valence-corrected chi connectivity index (χ1v) is 12.6. The van der Waals surface area contributed by atoms with E-state index in [-0.39, 0.29) is 18.4 Å². The third kappa shape index (κ3) is 9.11. The van der Waals surface area contributed by atoms with Crippen LogP contribution in [0.15, 0.2) is 0 Å². The molecule has 1 fully saturated rings. The van der Waals surface area contributed by atoms with Gasteiger partial charge in [0.15, 0.2) is 0 Å². The lowest BCUT2D eigenvalue weighted by Gasteiger charge is -2.24. The molecule has 0 bridgehead atoms. The summed E-state index contributed by atoms with van der Waals surface area (Å²) in [5.74, 6) is -1.70. The molecule has 30 heavy (non-hydrogen) atoms. The average Bonchev–Trinajstić information content (AvgIpc) is 3.26. The maximum Gasteiger partial charge on any atom is 0.326 e. The summed E-state index contributed by atoms with van der Waals surface area (Å²) in [5, 5.41) is 29.4. The molecule has 6 N–H and O–H groups in total. The number of aliphatic hydroxyl groups is 1. The van der Waals surface area contributed by atoms with Gasteiger partial charge in [-0.3, -0.25) is 14.4 Å². The Balaban J connectivity index is 2.73. The first-order chi connectivity index (χ1) is 14.3. The van der Waals surface area contributed by atoms with Gasteiger partial charge in [0.1, 0.15) is 18.1 Å². The fourth-order valence-electron chi connectivity index (χ4n) is 2.92. The van der Waals surface area contributed by atoms with Crippen LogP contribution in [0.1, 0.15) is 25.7 Å². The van der Waals surface area contributed by atoms with Gasteiger partial charge < -0.3 is 31.5 Å². The lowest BCUT2D eigenvalue weighted by Crippen LogP contribution is -2.58. The zero-order valence-electron chi connectivity index (χ0n) is 17.3. The van der Waals surface area contributed by atoms with E-state index in [1.54, 1.807) is 0 Å². The Hall–Kier alpha value is -1.50. The molecular weight excluding hydrogens is 432 g/mol. The zero-order valence-corrected chi connectivity index (χ0v) is 18.9. The summed E-state index contributed by atoms with van der Waals surface area (Å²) < 4.78 is 0. The fourth-order valence-corrected chi connectivity index (χ4v) is 3.86. The maximum atomic E-state index is 12.7. The van der Waals surface area contributed by atoms with E-state index >= 15 is 0 Å². The molecule has 1 heterocycles. The largest absolute Gasteiger partial charge is 0.480 e. The summed E-state index contributed by atoms with van der Waals surface area (Å²) >= 11 is 2.96. The number of hydrogen-bond donors (Lipinski definition) is 6. The van der Waals surface area contributed by atoms with Crippen LogP contribution in [0.2, 0.25) is 0 Å². The average molecular weight is 465 g/mol. The van der Waals surface area contributed by atoms with Crippen LogP contribution in [0, 0.1) is 0 Å². The van der Waals surface area contributed by atoms with Crippen LogP contribution < -0.4 is 21.3 Å². The summed E-state index contributed by atoms with van der Waals surface area (Å²) in [6.07, 6.45) is 5.85. The molecule has 4 atom stereocenters. The number of aliphatic hydroxyl groups excluding tert-OH is 1. The highest BCUT2D eigenvalue weighted by molar-refractivity contribution is 7.98. The second kappa shape index (κ2) is 14.5. The van der Waals surface area contributed by atoms with Gasteiger partial charge in [-0.1, -0.05) is 0 Å². The number of carboxylic acid groups (broad SMARTS) is 1. The van der Waals surface area contributed by atoms with Crippen molar-refractivity contribution in [1.82, 2.24) is 21.3 Å². The van der Waals surface area contributed by atoms with Crippen LogP contribution in [0.25, 0.3) is 0 Å². The quantitative estimate of drug-likeness (QED) is 0.185. The summed E-state index contributed by atoms with van der Waals surface area (Å²) in [5.41, 5.74) is 0. The van der Waals surface area contributed by atoms with E-state index in [1.807, 2.05) is 12.5 Å². The molecule has 172 valence electrons. The molecule has 1 rings (SSSR count). The van der Waals surface area contributed by atoms with Crippen LogP contribution >= 0.6 is 23.5 Å². The predicted octanol–water partition coefficient (Wildman–Crippen LogP) is -1.22. The number of nitrogens with one attached hydrogen (secondary N) is 4. The molecule has 1 aliphatic rings. The Kier molecular flexibility index (Phi) is 12.8. The predicted molar refractivity (Wildman–Crippen MR) is 118 cm³/mol. The van der Waals surface area contributed by atoms with Gasteiger partial charge in [0.2, 0.25) is 17.7 Å². The van der Waals surface area contributed by atoms with Crippen molar-refractivity contribution >= 4 is 47.2 Å². The van der Waals surface area contributed by atoms with Crippen molar-refractivity contribution in [1.29, 1.82) is 0 Å². The van der Waals surface area contributed by atoms with Gasteiger partial charge in [0, 0.05) is 0 Å². The minimum Gasteiger partial charge on any atom is -0.480 e. The Morgan fingerprint density at radius 1 is 0.967 bits per heavy atom. The molecule has 0 aliphatic carbocycles. The molecule has 0 radical (unpaired) electrons. The second-order valence-corrected chi connectivity index (χ2v) is 8.89. The van der Waals surface area contributed by atoms with E-state index in [9.17, 15) is 29.4 Å². The minimum atomic E-state index is -1.31. The Morgan fingerprint density at radius 2 is 1.53 bits per heavy atom. The Labute approximate surface area is 185 Å². The SMILES string of the molecule is CSCCC(NC(=O)C(CO)NC(=O)C(CCSC)NC(=O)C1CCCN1)C(=O)O. The zero-order chi connectivity index (χ0) is 22.5. The van der Waals surface area contributed by atoms with Crippen molar-refractivity contribution < 1.29 is 29.4 Å². The van der Waals surface area contributed by atoms with Crippen molar-refractivity contribution in [2.24, 2.45) is 0 Å². The number of thioether (sulfide) groups is 2. The first-order valence-electron chi connectivity index (χ1n) is 9.80. The third-order valence-electron chi connectivity index (χ3n) is 4.66. The molecule has 3 amide bonds. The van der Waals surface area contributed by atoms with Gasteiger partial charge in [0.25, 0.3) is 0 Å². The van der Waals surface area contributed by atoms with Gasteiger partial charge in [-0.25, -0.2) is 4.79 Å². The van der Waals surface area contributed by atoms with Crippen molar-refractivity contribution in [2.75, 3.05) is 37.2 Å². The number of carbonyl (C=O) groups is 4. The van der Waals surface area contributed by atoms with Crippen LogP contribution in [-0.2, 0) is 19.2 Å². The minimum absolute atomic E-state index is 0.217. The normalized spacial score (nSPS) is 18.8. The van der Waals surface area contributed by atoms with E-state index in [0.717, 1.165) is 13.0 Å². The summed E-state index contributed by atoms with van der Waals surface area (Å²) in [4.78, 5) is 48.8. The maximum absolute atomic E-state index is 12.7. The number of carbonyl (C=O) groups excluding carboxylic acids is 3. The lowest BCUT2D eigenvalue weighted by molar-refractivity contribution is -0.142. The van der Waals surface area contributed by atoms with E-state index in [1.165, 1.54) is 23.5 Å². The highest BCUT2D eigenvalue weighted by Gasteiger charge is 2.30. The number of rotatable bonds is 14. The number of amides is 3. The van der Waals surface area contributed by atoms with Gasteiger partial charge in [-0.2, -0.15) is 23.5 Å². The molecule has 0 spiro atoms. The van der Waals surface area contributed by atoms with Crippen molar-refractivity contribution in [3.8, 4) is 0 Å². The van der Waals surface area contributed by atoms with Crippen LogP contribution in [-0.4, -0.2) is 95.2 Å². The smallest absolute Gasteiger partial charge is 0.326 e. The molecule has 1 aliphatic heterocycles. The van der Waals surface area contributed by atoms with E-state index in [4.69, 9.17) is 0 Å². The Bertz CT molecular complexity index is 589. The summed E-state index contributed by atoms with van der Waals surface area (Å²) in [6.45, 7) is 0.0492.